The summed E-state index contributed by atoms with van der Waals surface area (Å²) in [5.41, 5.74) is 0. The third-order valence-electron chi connectivity index (χ3n) is 3.98. The lowest BCUT2D eigenvalue weighted by atomic mass is 9.93. The highest BCUT2D eigenvalue weighted by molar-refractivity contribution is 4.58. The first-order chi connectivity index (χ1) is 8.20. The fraction of sp³-hybridized carbons (Fsp3) is 1.00. The van der Waals surface area contributed by atoms with Crippen molar-refractivity contribution in [3.63, 3.8) is 0 Å². The highest BCUT2D eigenvalue weighted by Crippen LogP contribution is 2.20. The molecule has 0 aliphatic rings. The zero-order chi connectivity index (χ0) is 12.9. The SMILES string of the molecule is CCCCCCCC(C)CCCC(C)CCC. The van der Waals surface area contributed by atoms with Crippen LogP contribution in [0.4, 0.5) is 0 Å². The minimum atomic E-state index is 0.955. The van der Waals surface area contributed by atoms with Gasteiger partial charge in [0.15, 0.2) is 0 Å². The molecule has 2 unspecified atom stereocenters. The van der Waals surface area contributed by atoms with Gasteiger partial charge in [-0.15, -0.1) is 0 Å². The second kappa shape index (κ2) is 12.5. The minimum absolute atomic E-state index is 0.955. The molecule has 0 aromatic carbocycles. The molecule has 0 nitrogen and oxygen atoms in total. The van der Waals surface area contributed by atoms with Crippen molar-refractivity contribution in [2.75, 3.05) is 0 Å². The van der Waals surface area contributed by atoms with Gasteiger partial charge in [-0.3, -0.25) is 0 Å². The summed E-state index contributed by atoms with van der Waals surface area (Å²) in [4.78, 5) is 0. The molecule has 0 heteroatoms. The maximum atomic E-state index is 2.45. The van der Waals surface area contributed by atoms with Crippen molar-refractivity contribution >= 4 is 0 Å². The molecule has 104 valence electrons. The van der Waals surface area contributed by atoms with Crippen LogP contribution in [0.5, 0.6) is 0 Å². The van der Waals surface area contributed by atoms with E-state index in [1.54, 1.807) is 0 Å². The van der Waals surface area contributed by atoms with Gasteiger partial charge in [0.25, 0.3) is 0 Å². The molecule has 0 aliphatic heterocycles. The quantitative estimate of drug-likeness (QED) is 0.338. The Balaban J connectivity index is 3.25. The third kappa shape index (κ3) is 12.2. The van der Waals surface area contributed by atoms with E-state index < -0.39 is 0 Å². The van der Waals surface area contributed by atoms with Gasteiger partial charge in [0.1, 0.15) is 0 Å². The molecule has 0 amide bonds. The molecule has 2 atom stereocenters. The van der Waals surface area contributed by atoms with E-state index in [2.05, 4.69) is 27.7 Å². The predicted octanol–water partition coefficient (Wildman–Crippen LogP) is 6.59. The molecule has 0 saturated carbocycles. The molecule has 0 spiro atoms. The minimum Gasteiger partial charge on any atom is -0.0654 e. The zero-order valence-corrected chi connectivity index (χ0v) is 12.9. The summed E-state index contributed by atoms with van der Waals surface area (Å²) in [6, 6.07) is 0. The van der Waals surface area contributed by atoms with E-state index in [0.29, 0.717) is 0 Å². The van der Waals surface area contributed by atoms with Gasteiger partial charge in [-0.05, 0) is 11.8 Å². The van der Waals surface area contributed by atoms with Crippen LogP contribution >= 0.6 is 0 Å². The largest absolute Gasteiger partial charge is 0.0654 e. The monoisotopic (exact) mass is 240 g/mol. The first-order valence-electron chi connectivity index (χ1n) is 8.20. The highest BCUT2D eigenvalue weighted by atomic mass is 14.1. The summed E-state index contributed by atoms with van der Waals surface area (Å²) in [5.74, 6) is 1.92. The molecule has 0 aromatic rings. The second-order valence-corrected chi connectivity index (χ2v) is 6.13. The van der Waals surface area contributed by atoms with Gasteiger partial charge in [0.05, 0.1) is 0 Å². The number of hydrogen-bond donors (Lipinski definition) is 0. The molecular formula is C17H36. The summed E-state index contributed by atoms with van der Waals surface area (Å²) in [5, 5.41) is 0. The molecule has 0 rings (SSSR count). The first-order valence-corrected chi connectivity index (χ1v) is 8.20. The van der Waals surface area contributed by atoms with Crippen molar-refractivity contribution in [3.05, 3.63) is 0 Å². The molecule has 17 heavy (non-hydrogen) atoms. The van der Waals surface area contributed by atoms with E-state index in [1.165, 1.54) is 70.6 Å². The molecule has 0 radical (unpaired) electrons. The van der Waals surface area contributed by atoms with Gasteiger partial charge >= 0.3 is 0 Å². The van der Waals surface area contributed by atoms with E-state index in [-0.39, 0.29) is 0 Å². The van der Waals surface area contributed by atoms with E-state index in [9.17, 15) is 0 Å². The standard InChI is InChI=1S/C17H36/c1-5-7-8-9-10-13-17(4)15-11-14-16(3)12-6-2/h16-17H,5-15H2,1-4H3. The van der Waals surface area contributed by atoms with E-state index in [1.807, 2.05) is 0 Å². The Morgan fingerprint density at radius 1 is 0.529 bits per heavy atom. The van der Waals surface area contributed by atoms with Crippen LogP contribution < -0.4 is 0 Å². The van der Waals surface area contributed by atoms with Crippen molar-refractivity contribution < 1.29 is 0 Å². The average Bonchev–Trinajstić information content (AvgIpc) is 2.29. The number of hydrogen-bond acceptors (Lipinski definition) is 0. The molecule has 0 aromatic heterocycles. The lowest BCUT2D eigenvalue weighted by Gasteiger charge is -2.13. The average molecular weight is 240 g/mol. The van der Waals surface area contributed by atoms with Crippen molar-refractivity contribution in [2.45, 2.75) is 98.3 Å². The molecule has 0 heterocycles. The van der Waals surface area contributed by atoms with Crippen LogP contribution in [0.1, 0.15) is 98.3 Å². The van der Waals surface area contributed by atoms with Crippen LogP contribution in [0.3, 0.4) is 0 Å². The zero-order valence-electron chi connectivity index (χ0n) is 12.9. The number of unbranched alkanes of at least 4 members (excludes halogenated alkanes) is 4. The summed E-state index contributed by atoms with van der Waals surface area (Å²) in [6.45, 7) is 9.46. The molecular weight excluding hydrogens is 204 g/mol. The van der Waals surface area contributed by atoms with E-state index in [4.69, 9.17) is 0 Å². The smallest absolute Gasteiger partial charge is 0.0443 e. The second-order valence-electron chi connectivity index (χ2n) is 6.13. The first kappa shape index (κ1) is 17.0. The highest BCUT2D eigenvalue weighted by Gasteiger charge is 2.04. The third-order valence-corrected chi connectivity index (χ3v) is 3.98. The molecule has 0 N–H and O–H groups in total. The Hall–Kier alpha value is 0. The van der Waals surface area contributed by atoms with Crippen LogP contribution in [0.2, 0.25) is 0 Å². The maximum Gasteiger partial charge on any atom is -0.0443 e. The summed E-state index contributed by atoms with van der Waals surface area (Å²) >= 11 is 0. The Bertz CT molecular complexity index is 139. The fourth-order valence-corrected chi connectivity index (χ4v) is 2.69. The Labute approximate surface area is 111 Å². The van der Waals surface area contributed by atoms with Crippen LogP contribution in [0.15, 0.2) is 0 Å². The van der Waals surface area contributed by atoms with Gasteiger partial charge in [-0.2, -0.15) is 0 Å². The van der Waals surface area contributed by atoms with Gasteiger partial charge in [-0.1, -0.05) is 98.3 Å². The van der Waals surface area contributed by atoms with Gasteiger partial charge < -0.3 is 0 Å². The van der Waals surface area contributed by atoms with Gasteiger partial charge in [0.2, 0.25) is 0 Å². The van der Waals surface area contributed by atoms with Crippen molar-refractivity contribution in [1.29, 1.82) is 0 Å². The van der Waals surface area contributed by atoms with Crippen molar-refractivity contribution in [3.8, 4) is 0 Å². The van der Waals surface area contributed by atoms with Gasteiger partial charge in [0, 0.05) is 0 Å². The Morgan fingerprint density at radius 3 is 1.65 bits per heavy atom. The van der Waals surface area contributed by atoms with E-state index in [0.717, 1.165) is 11.8 Å². The van der Waals surface area contributed by atoms with Crippen LogP contribution in [0, 0.1) is 11.8 Å². The van der Waals surface area contributed by atoms with Crippen LogP contribution in [0.25, 0.3) is 0 Å². The number of rotatable bonds is 12. The lowest BCUT2D eigenvalue weighted by Crippen LogP contribution is -1.98. The lowest BCUT2D eigenvalue weighted by molar-refractivity contribution is 0.398. The van der Waals surface area contributed by atoms with Gasteiger partial charge in [-0.25, -0.2) is 0 Å². The summed E-state index contributed by atoms with van der Waals surface area (Å²) < 4.78 is 0. The molecule has 0 aliphatic carbocycles. The molecule has 0 saturated heterocycles. The van der Waals surface area contributed by atoms with Crippen molar-refractivity contribution in [2.24, 2.45) is 11.8 Å². The van der Waals surface area contributed by atoms with Crippen LogP contribution in [-0.2, 0) is 0 Å². The molecule has 0 fully saturated rings. The fourth-order valence-electron chi connectivity index (χ4n) is 2.69. The summed E-state index contributed by atoms with van der Waals surface area (Å²) in [7, 11) is 0. The normalized spacial score (nSPS) is 14.8. The topological polar surface area (TPSA) is 0 Å². The molecule has 0 bridgehead atoms. The van der Waals surface area contributed by atoms with E-state index >= 15 is 0 Å². The summed E-state index contributed by atoms with van der Waals surface area (Å²) in [6.07, 6.45) is 15.8. The Kier molecular flexibility index (Phi) is 12.5. The van der Waals surface area contributed by atoms with Crippen LogP contribution in [-0.4, -0.2) is 0 Å². The predicted molar refractivity (Wildman–Crippen MR) is 80.5 cm³/mol. The Morgan fingerprint density at radius 2 is 1.06 bits per heavy atom. The van der Waals surface area contributed by atoms with Crippen molar-refractivity contribution in [1.82, 2.24) is 0 Å². The maximum absolute atomic E-state index is 2.45.